The first kappa shape index (κ1) is 12.2. The molecule has 0 aliphatic heterocycles. The molecule has 0 aromatic heterocycles. The Morgan fingerprint density at radius 2 is 1.67 bits per heavy atom. The van der Waals surface area contributed by atoms with Gasteiger partial charge < -0.3 is 0 Å². The minimum atomic E-state index is -0.427. The van der Waals surface area contributed by atoms with E-state index in [4.69, 9.17) is 11.1 Å². The summed E-state index contributed by atoms with van der Waals surface area (Å²) in [5, 5.41) is 0. The third kappa shape index (κ3) is 3.77. The summed E-state index contributed by atoms with van der Waals surface area (Å²) in [7, 11) is -0.427. The molecule has 0 saturated heterocycles. The van der Waals surface area contributed by atoms with Gasteiger partial charge in [0.1, 0.15) is 8.83 Å². The van der Waals surface area contributed by atoms with E-state index < -0.39 is 8.83 Å². The van der Waals surface area contributed by atoms with Crippen molar-refractivity contribution in [2.24, 2.45) is 11.8 Å². The Labute approximate surface area is 83.9 Å². The molecule has 0 rings (SSSR count). The maximum Gasteiger partial charge on any atom is 0.148 e. The molecule has 0 bridgehead atoms. The molecule has 72 valence electrons. The van der Waals surface area contributed by atoms with Crippen molar-refractivity contribution in [3.05, 3.63) is 11.3 Å². The summed E-state index contributed by atoms with van der Waals surface area (Å²) in [4.78, 5) is 0. The summed E-state index contributed by atoms with van der Waals surface area (Å²) in [5.74, 6) is 1.46. The zero-order valence-electron chi connectivity index (χ0n) is 8.73. The van der Waals surface area contributed by atoms with E-state index in [1.165, 1.54) is 12.8 Å². The largest absolute Gasteiger partial charge is 0.171 e. The van der Waals surface area contributed by atoms with Gasteiger partial charge in [0.15, 0.2) is 0 Å². The molecule has 0 N–H and O–H groups in total. The van der Waals surface area contributed by atoms with E-state index in [0.717, 1.165) is 11.8 Å². The molecule has 0 fully saturated rings. The molecule has 12 heavy (non-hydrogen) atoms. The highest BCUT2D eigenvalue weighted by Gasteiger charge is 2.11. The number of rotatable bonds is 5. The van der Waals surface area contributed by atoms with Gasteiger partial charge in [-0.05, 0) is 24.7 Å². The Kier molecular flexibility index (Phi) is 6.87. The van der Waals surface area contributed by atoms with Crippen molar-refractivity contribution in [3.63, 3.8) is 0 Å². The maximum atomic E-state index is 5.86. The third-order valence-corrected chi connectivity index (χ3v) is 3.76. The first-order chi connectivity index (χ1) is 5.67. The van der Waals surface area contributed by atoms with Crippen LogP contribution in [0.15, 0.2) is 11.3 Å². The van der Waals surface area contributed by atoms with Crippen LogP contribution in [0, 0.1) is 11.8 Å². The maximum absolute atomic E-state index is 5.86. The van der Waals surface area contributed by atoms with E-state index in [2.05, 4.69) is 33.4 Å². The van der Waals surface area contributed by atoms with Gasteiger partial charge in [0.25, 0.3) is 0 Å². The van der Waals surface area contributed by atoms with Crippen molar-refractivity contribution < 1.29 is 0 Å². The molecule has 0 amide bonds. The third-order valence-electron chi connectivity index (χ3n) is 2.68. The van der Waals surface area contributed by atoms with Crippen LogP contribution in [0.3, 0.4) is 0 Å². The number of hydrogen-bond acceptors (Lipinski definition) is 0. The highest BCUT2D eigenvalue weighted by Crippen LogP contribution is 2.24. The van der Waals surface area contributed by atoms with Crippen molar-refractivity contribution >= 4 is 19.9 Å². The van der Waals surface area contributed by atoms with Crippen LogP contribution in [-0.4, -0.2) is 8.83 Å². The normalized spacial score (nSPS) is 16.4. The van der Waals surface area contributed by atoms with Gasteiger partial charge >= 0.3 is 0 Å². The summed E-state index contributed by atoms with van der Waals surface area (Å²) in [5.41, 5.74) is 3.92. The van der Waals surface area contributed by atoms with Crippen molar-refractivity contribution in [2.75, 3.05) is 0 Å². The molecule has 0 heterocycles. The molecule has 0 aromatic carbocycles. The summed E-state index contributed by atoms with van der Waals surface area (Å²) in [6.07, 6.45) is 2.48. The summed E-state index contributed by atoms with van der Waals surface area (Å²) < 4.78 is 0. The monoisotopic (exact) mass is 204 g/mol. The summed E-state index contributed by atoms with van der Waals surface area (Å²) >= 11 is 5.86. The van der Waals surface area contributed by atoms with Crippen molar-refractivity contribution in [1.29, 1.82) is 0 Å². The Hall–Kier alpha value is 0.247. The minimum Gasteiger partial charge on any atom is -0.171 e. The second-order valence-electron chi connectivity index (χ2n) is 3.48. The fourth-order valence-electron chi connectivity index (χ4n) is 1.45. The number of allylic oxidation sites excluding steroid dienone is 1. The minimum absolute atomic E-state index is 0.427. The number of hydrogen-bond donors (Lipinski definition) is 0. The fraction of sp³-hybridized carbons (Fsp3) is 0.800. The average Bonchev–Trinajstić information content (AvgIpc) is 2.11. The fourth-order valence-corrected chi connectivity index (χ4v) is 2.97. The molecule has 2 unspecified atom stereocenters. The van der Waals surface area contributed by atoms with E-state index in [9.17, 15) is 0 Å². The Balaban J connectivity index is 4.32. The van der Waals surface area contributed by atoms with Gasteiger partial charge in [-0.1, -0.05) is 39.0 Å². The van der Waals surface area contributed by atoms with Crippen LogP contribution < -0.4 is 0 Å². The Bertz CT molecular complexity index is 131. The van der Waals surface area contributed by atoms with Crippen LogP contribution in [0.5, 0.6) is 0 Å². The lowest BCUT2D eigenvalue weighted by atomic mass is 9.88. The SMILES string of the molecule is CCC(C)C(=C[SiH2]Cl)C(C)CC. The second kappa shape index (κ2) is 6.73. The van der Waals surface area contributed by atoms with Gasteiger partial charge in [0.2, 0.25) is 0 Å². The quantitative estimate of drug-likeness (QED) is 0.477. The number of halogens is 1. The van der Waals surface area contributed by atoms with Crippen LogP contribution in [0.4, 0.5) is 0 Å². The van der Waals surface area contributed by atoms with E-state index in [0.29, 0.717) is 0 Å². The Morgan fingerprint density at radius 3 is 1.92 bits per heavy atom. The predicted octanol–water partition coefficient (Wildman–Crippen LogP) is 3.29. The van der Waals surface area contributed by atoms with E-state index in [1.807, 2.05) is 0 Å². The smallest absolute Gasteiger partial charge is 0.148 e. The van der Waals surface area contributed by atoms with Crippen LogP contribution in [-0.2, 0) is 0 Å². The van der Waals surface area contributed by atoms with Gasteiger partial charge in [-0.2, -0.15) is 11.1 Å². The average molecular weight is 205 g/mol. The van der Waals surface area contributed by atoms with Gasteiger partial charge in [0.05, 0.1) is 0 Å². The Morgan fingerprint density at radius 1 is 1.25 bits per heavy atom. The van der Waals surface area contributed by atoms with Crippen LogP contribution in [0.2, 0.25) is 0 Å². The van der Waals surface area contributed by atoms with Crippen LogP contribution >= 0.6 is 11.1 Å². The summed E-state index contributed by atoms with van der Waals surface area (Å²) in [6.45, 7) is 9.10. The van der Waals surface area contributed by atoms with E-state index in [-0.39, 0.29) is 0 Å². The van der Waals surface area contributed by atoms with Crippen molar-refractivity contribution in [2.45, 2.75) is 40.5 Å². The predicted molar refractivity (Wildman–Crippen MR) is 61.4 cm³/mol. The molecule has 0 nitrogen and oxygen atoms in total. The molecule has 0 spiro atoms. The molecule has 0 saturated carbocycles. The zero-order valence-corrected chi connectivity index (χ0v) is 10.9. The van der Waals surface area contributed by atoms with Gasteiger partial charge in [-0.3, -0.25) is 0 Å². The molecule has 2 heteroatoms. The van der Waals surface area contributed by atoms with Crippen molar-refractivity contribution in [3.8, 4) is 0 Å². The molecular weight excluding hydrogens is 184 g/mol. The molecule has 0 aliphatic rings. The molecular formula is C10H21ClSi. The van der Waals surface area contributed by atoms with Crippen molar-refractivity contribution in [1.82, 2.24) is 0 Å². The summed E-state index contributed by atoms with van der Waals surface area (Å²) in [6, 6.07) is 0. The topological polar surface area (TPSA) is 0 Å². The van der Waals surface area contributed by atoms with E-state index >= 15 is 0 Å². The highest BCUT2D eigenvalue weighted by atomic mass is 35.6. The van der Waals surface area contributed by atoms with Gasteiger partial charge in [-0.25, -0.2) is 0 Å². The lowest BCUT2D eigenvalue weighted by molar-refractivity contribution is 0.531. The van der Waals surface area contributed by atoms with Gasteiger partial charge in [-0.15, -0.1) is 0 Å². The van der Waals surface area contributed by atoms with Crippen LogP contribution in [0.25, 0.3) is 0 Å². The highest BCUT2D eigenvalue weighted by molar-refractivity contribution is 6.96. The van der Waals surface area contributed by atoms with E-state index in [1.54, 1.807) is 5.57 Å². The molecule has 0 aromatic rings. The zero-order chi connectivity index (χ0) is 9.56. The molecule has 0 aliphatic carbocycles. The standard InChI is InChI=1S/C10H21ClSi/c1-5-8(3)10(7-12-11)9(4)6-2/h7-9H,5-6,12H2,1-4H3. The second-order valence-corrected chi connectivity index (χ2v) is 5.12. The lowest BCUT2D eigenvalue weighted by Crippen LogP contribution is -2.07. The lowest BCUT2D eigenvalue weighted by Gasteiger charge is -2.19. The van der Waals surface area contributed by atoms with Crippen LogP contribution in [0.1, 0.15) is 40.5 Å². The first-order valence-electron chi connectivity index (χ1n) is 4.93. The molecule has 2 atom stereocenters. The first-order valence-corrected chi connectivity index (χ1v) is 7.88. The van der Waals surface area contributed by atoms with Gasteiger partial charge in [0, 0.05) is 0 Å². The molecule has 0 radical (unpaired) electrons.